The molecule has 1 amide bonds. The Morgan fingerprint density at radius 1 is 1.08 bits per heavy atom. The second kappa shape index (κ2) is 8.35. The summed E-state index contributed by atoms with van der Waals surface area (Å²) < 4.78 is 27.6. The summed E-state index contributed by atoms with van der Waals surface area (Å²) in [6.45, 7) is 3.66. The topological polar surface area (TPSA) is 41.1 Å². The van der Waals surface area contributed by atoms with Crippen LogP contribution in [0.5, 0.6) is 0 Å². The molecule has 0 fully saturated rings. The Bertz CT molecular complexity index is 707. The smallest absolute Gasteiger partial charge is 0.234 e. The highest BCUT2D eigenvalue weighted by Gasteiger charge is 2.14. The summed E-state index contributed by atoms with van der Waals surface area (Å²) in [5.74, 6) is -1.44. The third-order valence-electron chi connectivity index (χ3n) is 3.75. The van der Waals surface area contributed by atoms with E-state index in [9.17, 15) is 13.6 Å². The van der Waals surface area contributed by atoms with Gasteiger partial charge in [-0.05, 0) is 37.6 Å². The molecule has 0 saturated heterocycles. The zero-order valence-corrected chi connectivity index (χ0v) is 15.0. The number of carbonyl (C=O) groups is 1. The molecule has 2 aromatic carbocycles. The Morgan fingerprint density at radius 2 is 1.75 bits per heavy atom. The Morgan fingerprint density at radius 3 is 2.38 bits per heavy atom. The standard InChI is InChI=1S/C18H19BrF2N2O/c1-11(13-3-5-14(19)6-4-13)23-18(24)10-22-12(2)16-8-7-15(20)9-17(16)21/h3-9,11-12,22H,10H2,1-2H3,(H,23,24)/t11-,12+/m1/s1. The van der Waals surface area contributed by atoms with Gasteiger partial charge in [0.25, 0.3) is 0 Å². The zero-order valence-electron chi connectivity index (χ0n) is 13.4. The van der Waals surface area contributed by atoms with Crippen LogP contribution in [0.15, 0.2) is 46.9 Å². The van der Waals surface area contributed by atoms with E-state index in [1.54, 1.807) is 6.92 Å². The molecule has 2 atom stereocenters. The first kappa shape index (κ1) is 18.5. The van der Waals surface area contributed by atoms with Crippen molar-refractivity contribution in [2.24, 2.45) is 0 Å². The highest BCUT2D eigenvalue weighted by Crippen LogP contribution is 2.18. The molecule has 0 spiro atoms. The van der Waals surface area contributed by atoms with Crippen LogP contribution in [-0.2, 0) is 4.79 Å². The molecule has 2 rings (SSSR count). The number of rotatable bonds is 6. The first-order chi connectivity index (χ1) is 11.4. The van der Waals surface area contributed by atoms with Gasteiger partial charge in [0.2, 0.25) is 5.91 Å². The average Bonchev–Trinajstić information content (AvgIpc) is 2.53. The molecule has 0 aromatic heterocycles. The summed E-state index contributed by atoms with van der Waals surface area (Å²) in [6, 6.07) is 10.6. The fourth-order valence-electron chi connectivity index (χ4n) is 2.34. The predicted octanol–water partition coefficient (Wildman–Crippen LogP) is 4.26. The predicted molar refractivity (Wildman–Crippen MR) is 93.5 cm³/mol. The second-order valence-corrected chi connectivity index (χ2v) is 6.52. The van der Waals surface area contributed by atoms with Gasteiger partial charge in [0.1, 0.15) is 11.6 Å². The summed E-state index contributed by atoms with van der Waals surface area (Å²) in [4.78, 5) is 12.0. The lowest BCUT2D eigenvalue weighted by Crippen LogP contribution is -2.36. The fourth-order valence-corrected chi connectivity index (χ4v) is 2.60. The molecule has 2 N–H and O–H groups in total. The van der Waals surface area contributed by atoms with Gasteiger partial charge in [0.15, 0.2) is 0 Å². The highest BCUT2D eigenvalue weighted by atomic mass is 79.9. The summed E-state index contributed by atoms with van der Waals surface area (Å²) in [6.07, 6.45) is 0. The summed E-state index contributed by atoms with van der Waals surface area (Å²) in [5, 5.41) is 5.82. The van der Waals surface area contributed by atoms with E-state index in [4.69, 9.17) is 0 Å². The highest BCUT2D eigenvalue weighted by molar-refractivity contribution is 9.10. The van der Waals surface area contributed by atoms with Gasteiger partial charge in [-0.15, -0.1) is 0 Å². The molecule has 0 radical (unpaired) electrons. The number of hydrogen-bond donors (Lipinski definition) is 2. The number of halogens is 3. The van der Waals surface area contributed by atoms with Crippen molar-refractivity contribution in [1.82, 2.24) is 10.6 Å². The Kier molecular flexibility index (Phi) is 6.45. The monoisotopic (exact) mass is 396 g/mol. The van der Waals surface area contributed by atoms with Crippen molar-refractivity contribution >= 4 is 21.8 Å². The van der Waals surface area contributed by atoms with E-state index in [0.717, 1.165) is 16.1 Å². The van der Waals surface area contributed by atoms with Crippen LogP contribution < -0.4 is 10.6 Å². The average molecular weight is 397 g/mol. The van der Waals surface area contributed by atoms with Crippen LogP contribution in [0.3, 0.4) is 0 Å². The molecule has 0 heterocycles. The van der Waals surface area contributed by atoms with Crippen LogP contribution in [0, 0.1) is 11.6 Å². The molecule has 24 heavy (non-hydrogen) atoms. The molecule has 128 valence electrons. The summed E-state index contributed by atoms with van der Waals surface area (Å²) >= 11 is 3.37. The van der Waals surface area contributed by atoms with Gasteiger partial charge < -0.3 is 10.6 Å². The Hall–Kier alpha value is -1.79. The van der Waals surface area contributed by atoms with E-state index >= 15 is 0 Å². The van der Waals surface area contributed by atoms with E-state index in [-0.39, 0.29) is 18.5 Å². The maximum absolute atomic E-state index is 13.7. The van der Waals surface area contributed by atoms with Crippen LogP contribution in [0.1, 0.15) is 37.1 Å². The minimum absolute atomic E-state index is 0.0405. The molecule has 0 bridgehead atoms. The maximum atomic E-state index is 13.7. The minimum atomic E-state index is -0.626. The molecule has 6 heteroatoms. The number of hydrogen-bond acceptors (Lipinski definition) is 2. The molecule has 3 nitrogen and oxygen atoms in total. The number of nitrogens with one attached hydrogen (secondary N) is 2. The van der Waals surface area contributed by atoms with Crippen LogP contribution in [0.4, 0.5) is 8.78 Å². The molecular formula is C18H19BrF2N2O. The van der Waals surface area contributed by atoms with E-state index in [2.05, 4.69) is 26.6 Å². The van der Waals surface area contributed by atoms with E-state index in [1.165, 1.54) is 12.1 Å². The lowest BCUT2D eigenvalue weighted by atomic mass is 10.1. The summed E-state index contributed by atoms with van der Waals surface area (Å²) in [7, 11) is 0. The Balaban J connectivity index is 1.87. The number of carbonyl (C=O) groups excluding carboxylic acids is 1. The lowest BCUT2D eigenvalue weighted by molar-refractivity contribution is -0.121. The van der Waals surface area contributed by atoms with Gasteiger partial charge in [-0.2, -0.15) is 0 Å². The van der Waals surface area contributed by atoms with Gasteiger partial charge in [0.05, 0.1) is 12.6 Å². The first-order valence-corrected chi connectivity index (χ1v) is 8.39. The largest absolute Gasteiger partial charge is 0.348 e. The second-order valence-electron chi connectivity index (χ2n) is 5.61. The van der Waals surface area contributed by atoms with Gasteiger partial charge in [-0.3, -0.25) is 4.79 Å². The normalized spacial score (nSPS) is 13.4. The van der Waals surface area contributed by atoms with Gasteiger partial charge >= 0.3 is 0 Å². The number of benzene rings is 2. The van der Waals surface area contributed by atoms with Gasteiger partial charge in [-0.1, -0.05) is 34.1 Å². The molecule has 0 aliphatic carbocycles. The first-order valence-electron chi connectivity index (χ1n) is 7.60. The molecule has 2 aromatic rings. The molecular weight excluding hydrogens is 378 g/mol. The Labute approximate surface area is 148 Å². The SMILES string of the molecule is C[C@H](NCC(=O)N[C@H](C)c1ccc(Br)cc1)c1ccc(F)cc1F. The molecule has 0 aliphatic heterocycles. The van der Waals surface area contributed by atoms with E-state index in [0.29, 0.717) is 5.56 Å². The third-order valence-corrected chi connectivity index (χ3v) is 4.27. The van der Waals surface area contributed by atoms with Crippen LogP contribution in [0.2, 0.25) is 0 Å². The maximum Gasteiger partial charge on any atom is 0.234 e. The van der Waals surface area contributed by atoms with Crippen LogP contribution in [0.25, 0.3) is 0 Å². The van der Waals surface area contributed by atoms with Crippen LogP contribution >= 0.6 is 15.9 Å². The van der Waals surface area contributed by atoms with Crippen molar-refractivity contribution in [3.8, 4) is 0 Å². The van der Waals surface area contributed by atoms with Crippen LogP contribution in [-0.4, -0.2) is 12.5 Å². The zero-order chi connectivity index (χ0) is 17.7. The van der Waals surface area contributed by atoms with E-state index in [1.807, 2.05) is 31.2 Å². The minimum Gasteiger partial charge on any atom is -0.348 e. The fraction of sp³-hybridized carbons (Fsp3) is 0.278. The van der Waals surface area contributed by atoms with Crippen molar-refractivity contribution in [1.29, 1.82) is 0 Å². The third kappa shape index (κ3) is 5.11. The van der Waals surface area contributed by atoms with Crippen molar-refractivity contribution in [2.75, 3.05) is 6.54 Å². The molecule has 0 saturated carbocycles. The lowest BCUT2D eigenvalue weighted by Gasteiger charge is -2.18. The van der Waals surface area contributed by atoms with Gasteiger partial charge in [-0.25, -0.2) is 8.78 Å². The van der Waals surface area contributed by atoms with E-state index < -0.39 is 17.7 Å². The summed E-state index contributed by atoms with van der Waals surface area (Å²) in [5.41, 5.74) is 1.31. The number of amides is 1. The van der Waals surface area contributed by atoms with Crippen molar-refractivity contribution in [3.63, 3.8) is 0 Å². The van der Waals surface area contributed by atoms with Gasteiger partial charge in [0, 0.05) is 22.1 Å². The van der Waals surface area contributed by atoms with Crippen molar-refractivity contribution < 1.29 is 13.6 Å². The van der Waals surface area contributed by atoms with Crippen molar-refractivity contribution in [3.05, 3.63) is 69.7 Å². The molecule has 0 aliphatic rings. The quantitative estimate of drug-likeness (QED) is 0.765. The van der Waals surface area contributed by atoms with Crippen molar-refractivity contribution in [2.45, 2.75) is 25.9 Å². The molecule has 0 unspecified atom stereocenters.